The van der Waals surface area contributed by atoms with Gasteiger partial charge in [0.05, 0.1) is 0 Å². The van der Waals surface area contributed by atoms with Gasteiger partial charge in [0.2, 0.25) is 0 Å². The normalized spacial score (nSPS) is 19.3. The number of amides is 1. The Kier molecular flexibility index (Phi) is 4.10. The van der Waals surface area contributed by atoms with Crippen molar-refractivity contribution in [2.45, 2.75) is 25.8 Å². The third-order valence-corrected chi connectivity index (χ3v) is 3.19. The molecule has 1 amide bonds. The molecule has 0 radical (unpaired) electrons. The van der Waals surface area contributed by atoms with Crippen molar-refractivity contribution in [3.63, 3.8) is 0 Å². The van der Waals surface area contributed by atoms with Crippen molar-refractivity contribution in [3.8, 4) is 0 Å². The number of hydrogen-bond acceptors (Lipinski definition) is 3. The molecule has 1 unspecified atom stereocenters. The molecule has 2 rings (SSSR count). The average Bonchev–Trinajstić information content (AvgIpc) is 2.40. The zero-order valence-electron chi connectivity index (χ0n) is 10.5. The SMILES string of the molecule is CC(=O)c1ccc(C(=O)NC2CCCNC2)cc1. The molecule has 0 aliphatic carbocycles. The molecular weight excluding hydrogens is 228 g/mol. The lowest BCUT2D eigenvalue weighted by molar-refractivity contribution is 0.0929. The maximum atomic E-state index is 12.0. The first kappa shape index (κ1) is 12.8. The van der Waals surface area contributed by atoms with E-state index in [-0.39, 0.29) is 17.7 Å². The van der Waals surface area contributed by atoms with E-state index in [1.54, 1.807) is 24.3 Å². The van der Waals surface area contributed by atoms with Crippen LogP contribution in [0.4, 0.5) is 0 Å². The van der Waals surface area contributed by atoms with Crippen LogP contribution in [0.5, 0.6) is 0 Å². The lowest BCUT2D eigenvalue weighted by Crippen LogP contribution is -2.45. The predicted octanol–water partition coefficient (Wildman–Crippen LogP) is 1.37. The molecule has 0 spiro atoms. The van der Waals surface area contributed by atoms with Gasteiger partial charge in [-0.25, -0.2) is 0 Å². The monoisotopic (exact) mass is 246 g/mol. The van der Waals surface area contributed by atoms with E-state index < -0.39 is 0 Å². The van der Waals surface area contributed by atoms with E-state index >= 15 is 0 Å². The standard InChI is InChI=1S/C14H18N2O2/c1-10(17)11-4-6-12(7-5-11)14(18)16-13-3-2-8-15-9-13/h4-7,13,15H,2-3,8-9H2,1H3,(H,16,18). The molecule has 1 aromatic carbocycles. The van der Waals surface area contributed by atoms with Crippen LogP contribution >= 0.6 is 0 Å². The number of nitrogens with one attached hydrogen (secondary N) is 2. The van der Waals surface area contributed by atoms with Gasteiger partial charge in [-0.3, -0.25) is 9.59 Å². The maximum absolute atomic E-state index is 12.0. The van der Waals surface area contributed by atoms with Gasteiger partial charge in [-0.15, -0.1) is 0 Å². The quantitative estimate of drug-likeness (QED) is 0.792. The van der Waals surface area contributed by atoms with Crippen LogP contribution in [-0.4, -0.2) is 30.8 Å². The van der Waals surface area contributed by atoms with Gasteiger partial charge < -0.3 is 10.6 Å². The Labute approximate surface area is 107 Å². The number of piperidine rings is 1. The molecule has 4 heteroatoms. The molecule has 2 N–H and O–H groups in total. The van der Waals surface area contributed by atoms with Gasteiger partial charge in [0.25, 0.3) is 5.91 Å². The summed E-state index contributed by atoms with van der Waals surface area (Å²) in [7, 11) is 0. The minimum atomic E-state index is -0.0706. The first-order chi connectivity index (χ1) is 8.66. The van der Waals surface area contributed by atoms with Crippen molar-refractivity contribution in [1.29, 1.82) is 0 Å². The van der Waals surface area contributed by atoms with Crippen molar-refractivity contribution >= 4 is 11.7 Å². The minimum Gasteiger partial charge on any atom is -0.348 e. The summed E-state index contributed by atoms with van der Waals surface area (Å²) < 4.78 is 0. The second-order valence-electron chi connectivity index (χ2n) is 4.65. The molecular formula is C14H18N2O2. The number of benzene rings is 1. The second-order valence-corrected chi connectivity index (χ2v) is 4.65. The molecule has 4 nitrogen and oxygen atoms in total. The van der Waals surface area contributed by atoms with Crippen molar-refractivity contribution < 1.29 is 9.59 Å². The molecule has 1 aliphatic rings. The van der Waals surface area contributed by atoms with E-state index in [4.69, 9.17) is 0 Å². The smallest absolute Gasteiger partial charge is 0.251 e. The molecule has 1 aliphatic heterocycles. The third kappa shape index (κ3) is 3.17. The van der Waals surface area contributed by atoms with E-state index in [2.05, 4.69) is 10.6 Å². The second kappa shape index (κ2) is 5.78. The Morgan fingerprint density at radius 1 is 1.22 bits per heavy atom. The summed E-state index contributed by atoms with van der Waals surface area (Å²) >= 11 is 0. The molecule has 1 atom stereocenters. The zero-order chi connectivity index (χ0) is 13.0. The maximum Gasteiger partial charge on any atom is 0.251 e. The van der Waals surface area contributed by atoms with Crippen LogP contribution in [0.1, 0.15) is 40.5 Å². The van der Waals surface area contributed by atoms with Gasteiger partial charge >= 0.3 is 0 Å². The first-order valence-electron chi connectivity index (χ1n) is 6.29. The number of ketones is 1. The van der Waals surface area contributed by atoms with Crippen LogP contribution in [-0.2, 0) is 0 Å². The highest BCUT2D eigenvalue weighted by Crippen LogP contribution is 2.07. The summed E-state index contributed by atoms with van der Waals surface area (Å²) in [5, 5.41) is 6.25. The molecule has 18 heavy (non-hydrogen) atoms. The molecule has 1 saturated heterocycles. The van der Waals surface area contributed by atoms with E-state index in [0.29, 0.717) is 11.1 Å². The summed E-state index contributed by atoms with van der Waals surface area (Å²) in [6, 6.07) is 6.98. The summed E-state index contributed by atoms with van der Waals surface area (Å²) in [6.07, 6.45) is 2.11. The summed E-state index contributed by atoms with van der Waals surface area (Å²) in [5.41, 5.74) is 1.23. The Morgan fingerprint density at radius 2 is 1.89 bits per heavy atom. The van der Waals surface area contributed by atoms with Crippen molar-refractivity contribution in [2.24, 2.45) is 0 Å². The highest BCUT2D eigenvalue weighted by atomic mass is 16.1. The number of rotatable bonds is 3. The van der Waals surface area contributed by atoms with E-state index in [0.717, 1.165) is 25.9 Å². The predicted molar refractivity (Wildman–Crippen MR) is 69.8 cm³/mol. The van der Waals surface area contributed by atoms with Crippen LogP contribution in [0.25, 0.3) is 0 Å². The zero-order valence-corrected chi connectivity index (χ0v) is 10.5. The van der Waals surface area contributed by atoms with E-state index in [9.17, 15) is 9.59 Å². The Bertz CT molecular complexity index is 434. The molecule has 1 fully saturated rings. The largest absolute Gasteiger partial charge is 0.348 e. The van der Waals surface area contributed by atoms with Gasteiger partial charge in [-0.2, -0.15) is 0 Å². The number of hydrogen-bond donors (Lipinski definition) is 2. The lowest BCUT2D eigenvalue weighted by Gasteiger charge is -2.23. The van der Waals surface area contributed by atoms with Crippen LogP contribution < -0.4 is 10.6 Å². The fourth-order valence-corrected chi connectivity index (χ4v) is 2.10. The first-order valence-corrected chi connectivity index (χ1v) is 6.29. The number of Topliss-reactive ketones (excluding diaryl/α,β-unsaturated/α-hetero) is 1. The van der Waals surface area contributed by atoms with Gasteiger partial charge in [0.15, 0.2) is 5.78 Å². The molecule has 96 valence electrons. The van der Waals surface area contributed by atoms with Crippen molar-refractivity contribution in [2.75, 3.05) is 13.1 Å². The van der Waals surface area contributed by atoms with Gasteiger partial charge in [0.1, 0.15) is 0 Å². The van der Waals surface area contributed by atoms with Crippen LogP contribution in [0, 0.1) is 0 Å². The van der Waals surface area contributed by atoms with Gasteiger partial charge in [-0.1, -0.05) is 12.1 Å². The molecule has 0 saturated carbocycles. The van der Waals surface area contributed by atoms with Crippen molar-refractivity contribution in [1.82, 2.24) is 10.6 Å². The molecule has 1 aromatic rings. The highest BCUT2D eigenvalue weighted by Gasteiger charge is 2.16. The average molecular weight is 246 g/mol. The molecule has 0 aromatic heterocycles. The van der Waals surface area contributed by atoms with E-state index in [1.165, 1.54) is 6.92 Å². The Balaban J connectivity index is 1.97. The summed E-state index contributed by atoms with van der Waals surface area (Å²) in [6.45, 7) is 3.37. The van der Waals surface area contributed by atoms with Crippen molar-refractivity contribution in [3.05, 3.63) is 35.4 Å². The van der Waals surface area contributed by atoms with E-state index in [1.807, 2.05) is 0 Å². The topological polar surface area (TPSA) is 58.2 Å². The minimum absolute atomic E-state index is 0.0124. The third-order valence-electron chi connectivity index (χ3n) is 3.19. The Morgan fingerprint density at radius 3 is 2.44 bits per heavy atom. The van der Waals surface area contributed by atoms with Gasteiger partial charge in [0, 0.05) is 23.7 Å². The van der Waals surface area contributed by atoms with Gasteiger partial charge in [-0.05, 0) is 38.4 Å². The van der Waals surface area contributed by atoms with Crippen LogP contribution in [0.3, 0.4) is 0 Å². The lowest BCUT2D eigenvalue weighted by atomic mass is 10.1. The summed E-state index contributed by atoms with van der Waals surface area (Å²) in [4.78, 5) is 23.1. The number of carbonyl (C=O) groups excluding carboxylic acids is 2. The molecule has 1 heterocycles. The number of carbonyl (C=O) groups is 2. The fraction of sp³-hybridized carbons (Fsp3) is 0.429. The van der Waals surface area contributed by atoms with Crippen LogP contribution in [0.15, 0.2) is 24.3 Å². The molecule has 0 bridgehead atoms. The fourth-order valence-electron chi connectivity index (χ4n) is 2.10. The summed E-state index contributed by atoms with van der Waals surface area (Å²) in [5.74, 6) is -0.0581. The highest BCUT2D eigenvalue weighted by molar-refractivity contribution is 5.97. The Hall–Kier alpha value is -1.68. The van der Waals surface area contributed by atoms with Crippen LogP contribution in [0.2, 0.25) is 0 Å².